The van der Waals surface area contributed by atoms with Gasteiger partial charge in [0, 0.05) is 26.3 Å². The van der Waals surface area contributed by atoms with E-state index in [2.05, 4.69) is 15.3 Å². The minimum atomic E-state index is -0.218. The number of nitrogens with zero attached hydrogens (tertiary/aromatic N) is 1. The maximum absolute atomic E-state index is 12.0. The molecule has 1 atom stereocenters. The molecule has 1 unspecified atom stereocenters. The molecule has 6 nitrogen and oxygen atoms in total. The van der Waals surface area contributed by atoms with E-state index in [9.17, 15) is 4.79 Å². The number of amides is 1. The molecule has 0 spiro atoms. The largest absolute Gasteiger partial charge is 0.497 e. The first kappa shape index (κ1) is 16.6. The molecule has 1 amide bonds. The summed E-state index contributed by atoms with van der Waals surface area (Å²) in [4.78, 5) is 19.7. The van der Waals surface area contributed by atoms with Crippen LogP contribution < -0.4 is 10.1 Å². The first-order valence-electron chi connectivity index (χ1n) is 7.11. The first-order chi connectivity index (χ1) is 10.6. The van der Waals surface area contributed by atoms with Crippen LogP contribution >= 0.6 is 11.8 Å². The van der Waals surface area contributed by atoms with Crippen molar-refractivity contribution in [2.24, 2.45) is 0 Å². The monoisotopic (exact) mass is 323 g/mol. The van der Waals surface area contributed by atoms with Gasteiger partial charge in [0.15, 0.2) is 5.16 Å². The molecule has 0 aliphatic rings. The van der Waals surface area contributed by atoms with Crippen LogP contribution in [-0.2, 0) is 9.53 Å². The summed E-state index contributed by atoms with van der Waals surface area (Å²) in [7, 11) is 3.28. The average molecular weight is 323 g/mol. The van der Waals surface area contributed by atoms with Gasteiger partial charge in [-0.15, -0.1) is 0 Å². The summed E-state index contributed by atoms with van der Waals surface area (Å²) >= 11 is 1.40. The Morgan fingerprint density at radius 3 is 3.00 bits per heavy atom. The number of methoxy groups -OCH3 is 2. The van der Waals surface area contributed by atoms with Gasteiger partial charge in [0.1, 0.15) is 5.75 Å². The number of rotatable bonds is 8. The number of nitrogens with one attached hydrogen (secondary N) is 2. The van der Waals surface area contributed by atoms with Gasteiger partial charge < -0.3 is 19.8 Å². The highest BCUT2D eigenvalue weighted by Crippen LogP contribution is 2.25. The second kappa shape index (κ2) is 8.05. The zero-order valence-electron chi connectivity index (χ0n) is 13.0. The second-order valence-corrected chi connectivity index (χ2v) is 6.15. The van der Waals surface area contributed by atoms with Gasteiger partial charge in [-0.05, 0) is 25.5 Å². The summed E-state index contributed by atoms with van der Waals surface area (Å²) in [5.74, 6) is 0.774. The highest BCUT2D eigenvalue weighted by atomic mass is 32.2. The van der Waals surface area contributed by atoms with Crippen LogP contribution in [0.15, 0.2) is 23.4 Å². The summed E-state index contributed by atoms with van der Waals surface area (Å²) in [6.45, 7) is 3.13. The molecule has 0 radical (unpaired) electrons. The van der Waals surface area contributed by atoms with Gasteiger partial charge in [-0.3, -0.25) is 4.79 Å². The Morgan fingerprint density at radius 2 is 2.27 bits per heavy atom. The molecule has 7 heteroatoms. The summed E-state index contributed by atoms with van der Waals surface area (Å²) < 4.78 is 10.1. The zero-order valence-corrected chi connectivity index (χ0v) is 13.8. The number of ether oxygens (including phenoxy) is 2. The third kappa shape index (κ3) is 4.38. The van der Waals surface area contributed by atoms with E-state index in [1.165, 1.54) is 11.8 Å². The van der Waals surface area contributed by atoms with Crippen LogP contribution in [0.5, 0.6) is 5.75 Å². The molecule has 1 aromatic heterocycles. The number of fused-ring (bicyclic) bond motifs is 1. The molecule has 0 saturated carbocycles. The van der Waals surface area contributed by atoms with Crippen LogP contribution in [0.4, 0.5) is 0 Å². The van der Waals surface area contributed by atoms with Gasteiger partial charge in [-0.25, -0.2) is 4.98 Å². The van der Waals surface area contributed by atoms with E-state index < -0.39 is 0 Å². The highest BCUT2D eigenvalue weighted by molar-refractivity contribution is 8.00. The van der Waals surface area contributed by atoms with Gasteiger partial charge in [0.25, 0.3) is 0 Å². The number of thioether (sulfide) groups is 1. The molecule has 0 bridgehead atoms. The predicted molar refractivity (Wildman–Crippen MR) is 87.5 cm³/mol. The van der Waals surface area contributed by atoms with E-state index in [0.717, 1.165) is 28.4 Å². The van der Waals surface area contributed by atoms with Crippen molar-refractivity contribution in [3.05, 3.63) is 18.2 Å². The van der Waals surface area contributed by atoms with E-state index in [1.54, 1.807) is 14.2 Å². The summed E-state index contributed by atoms with van der Waals surface area (Å²) in [5.41, 5.74) is 1.76. The minimum absolute atomic E-state index is 0.000797. The van der Waals surface area contributed by atoms with Crippen molar-refractivity contribution in [1.29, 1.82) is 0 Å². The molecule has 0 fully saturated rings. The molecule has 120 valence electrons. The predicted octanol–water partition coefficient (Wildman–Crippen LogP) is 2.20. The van der Waals surface area contributed by atoms with Crippen molar-refractivity contribution in [3.8, 4) is 5.75 Å². The molecule has 0 aliphatic heterocycles. The standard InChI is InChI=1S/C15H21N3O3S/c1-10(14(19)16-7-4-8-20-2)22-15-17-12-6-5-11(21-3)9-13(12)18-15/h5-6,9-10H,4,7-8H2,1-3H3,(H,16,19)(H,17,18). The van der Waals surface area contributed by atoms with Crippen LogP contribution in [0.1, 0.15) is 13.3 Å². The topological polar surface area (TPSA) is 76.2 Å². The van der Waals surface area contributed by atoms with E-state index in [0.29, 0.717) is 13.2 Å². The zero-order chi connectivity index (χ0) is 15.9. The number of hydrogen-bond donors (Lipinski definition) is 2. The lowest BCUT2D eigenvalue weighted by Gasteiger charge is -2.10. The molecule has 2 rings (SSSR count). The number of benzene rings is 1. The normalized spacial score (nSPS) is 12.3. The fourth-order valence-electron chi connectivity index (χ4n) is 1.94. The van der Waals surface area contributed by atoms with Crippen molar-refractivity contribution in [3.63, 3.8) is 0 Å². The Morgan fingerprint density at radius 1 is 1.45 bits per heavy atom. The number of aromatic nitrogens is 2. The SMILES string of the molecule is COCCCNC(=O)C(C)Sc1nc2ccc(OC)cc2[nH]1. The third-order valence-corrected chi connectivity index (χ3v) is 4.13. The maximum atomic E-state index is 12.0. The van der Waals surface area contributed by atoms with Crippen molar-refractivity contribution < 1.29 is 14.3 Å². The number of aromatic amines is 1. The molecule has 22 heavy (non-hydrogen) atoms. The molecule has 2 N–H and O–H groups in total. The van der Waals surface area contributed by atoms with Crippen molar-refractivity contribution >= 4 is 28.7 Å². The van der Waals surface area contributed by atoms with Gasteiger partial charge in [0.2, 0.25) is 5.91 Å². The van der Waals surface area contributed by atoms with E-state index in [4.69, 9.17) is 9.47 Å². The summed E-state index contributed by atoms with van der Waals surface area (Å²) in [6.07, 6.45) is 0.810. The second-order valence-electron chi connectivity index (χ2n) is 4.82. The van der Waals surface area contributed by atoms with Crippen molar-refractivity contribution in [2.45, 2.75) is 23.8 Å². The first-order valence-corrected chi connectivity index (χ1v) is 7.99. The van der Waals surface area contributed by atoms with Crippen LogP contribution in [0.25, 0.3) is 11.0 Å². The van der Waals surface area contributed by atoms with Crippen LogP contribution in [-0.4, -0.2) is 48.5 Å². The van der Waals surface area contributed by atoms with Crippen molar-refractivity contribution in [2.75, 3.05) is 27.4 Å². The Labute approximate surface area is 134 Å². The maximum Gasteiger partial charge on any atom is 0.233 e. The molecule has 0 aliphatic carbocycles. The molecular weight excluding hydrogens is 302 g/mol. The molecule has 1 heterocycles. The Kier molecular flexibility index (Phi) is 6.09. The third-order valence-electron chi connectivity index (χ3n) is 3.15. The molecule has 2 aromatic rings. The number of hydrogen-bond acceptors (Lipinski definition) is 5. The molecule has 1 aromatic carbocycles. The van der Waals surface area contributed by atoms with Crippen LogP contribution in [0.3, 0.4) is 0 Å². The summed E-state index contributed by atoms with van der Waals surface area (Å²) in [5, 5.41) is 3.40. The average Bonchev–Trinajstić information content (AvgIpc) is 2.92. The molecular formula is C15H21N3O3S. The number of imidazole rings is 1. The van der Waals surface area contributed by atoms with Crippen molar-refractivity contribution in [1.82, 2.24) is 15.3 Å². The van der Waals surface area contributed by atoms with E-state index in [1.807, 2.05) is 25.1 Å². The lowest BCUT2D eigenvalue weighted by molar-refractivity contribution is -0.120. The van der Waals surface area contributed by atoms with Gasteiger partial charge in [-0.1, -0.05) is 11.8 Å². The van der Waals surface area contributed by atoms with Crippen LogP contribution in [0.2, 0.25) is 0 Å². The lowest BCUT2D eigenvalue weighted by atomic mass is 10.3. The lowest BCUT2D eigenvalue weighted by Crippen LogP contribution is -2.32. The van der Waals surface area contributed by atoms with Gasteiger partial charge in [0.05, 0.1) is 23.4 Å². The quantitative estimate of drug-likeness (QED) is 0.575. The van der Waals surface area contributed by atoms with Gasteiger partial charge in [-0.2, -0.15) is 0 Å². The fourth-order valence-corrected chi connectivity index (χ4v) is 2.79. The minimum Gasteiger partial charge on any atom is -0.497 e. The summed E-state index contributed by atoms with van der Waals surface area (Å²) in [6, 6.07) is 5.65. The van der Waals surface area contributed by atoms with E-state index >= 15 is 0 Å². The Hall–Kier alpha value is -1.73. The highest BCUT2D eigenvalue weighted by Gasteiger charge is 2.16. The smallest absolute Gasteiger partial charge is 0.233 e. The molecule has 0 saturated heterocycles. The number of carbonyl (C=O) groups is 1. The fraction of sp³-hybridized carbons (Fsp3) is 0.467. The number of H-pyrrole nitrogens is 1. The Bertz CT molecular complexity index is 630. The van der Waals surface area contributed by atoms with Gasteiger partial charge >= 0.3 is 0 Å². The van der Waals surface area contributed by atoms with Crippen LogP contribution in [0, 0.1) is 0 Å². The number of carbonyl (C=O) groups excluding carboxylic acids is 1. The van der Waals surface area contributed by atoms with E-state index in [-0.39, 0.29) is 11.2 Å². The Balaban J connectivity index is 1.93.